The zero-order chi connectivity index (χ0) is 16.1. The van der Waals surface area contributed by atoms with Gasteiger partial charge in [-0.05, 0) is 47.2 Å². The zero-order valence-corrected chi connectivity index (χ0v) is 13.2. The first kappa shape index (κ1) is 13.9. The monoisotopic (exact) mass is 303 g/mol. The van der Waals surface area contributed by atoms with Gasteiger partial charge in [-0.1, -0.05) is 24.3 Å². The number of hydrogen-bond donors (Lipinski definition) is 0. The molecule has 0 fully saturated rings. The standard InChI is InChI=1S/C20H17NO2/c1-21(2)18-8-6-12-10-16(14-4-3-5-15(18)20(12)14)17-11-13(22)7-9-19(17)23/h3-9,11,16H,10H2,1-2H3. The Bertz CT molecular complexity index is 919. The number of benzene rings is 2. The predicted molar refractivity (Wildman–Crippen MR) is 92.0 cm³/mol. The summed E-state index contributed by atoms with van der Waals surface area (Å²) in [5.74, 6) is -0.170. The molecule has 3 heteroatoms. The van der Waals surface area contributed by atoms with Crippen molar-refractivity contribution >= 4 is 28.0 Å². The molecule has 114 valence electrons. The second kappa shape index (κ2) is 4.92. The third-order valence-corrected chi connectivity index (χ3v) is 4.77. The molecule has 2 aromatic carbocycles. The van der Waals surface area contributed by atoms with Gasteiger partial charge in [0, 0.05) is 36.7 Å². The van der Waals surface area contributed by atoms with Crippen molar-refractivity contribution in [1.82, 2.24) is 0 Å². The number of ketones is 2. The van der Waals surface area contributed by atoms with E-state index in [0.29, 0.717) is 5.57 Å². The Labute approximate surface area is 134 Å². The third-order valence-electron chi connectivity index (χ3n) is 4.77. The van der Waals surface area contributed by atoms with Crippen LogP contribution in [0.2, 0.25) is 0 Å². The predicted octanol–water partition coefficient (Wildman–Crippen LogP) is 3.18. The van der Waals surface area contributed by atoms with E-state index in [1.807, 2.05) is 20.2 Å². The van der Waals surface area contributed by atoms with Crippen LogP contribution in [0.5, 0.6) is 0 Å². The summed E-state index contributed by atoms with van der Waals surface area (Å²) < 4.78 is 0. The Morgan fingerprint density at radius 1 is 1.04 bits per heavy atom. The van der Waals surface area contributed by atoms with E-state index >= 15 is 0 Å². The maximum Gasteiger partial charge on any atom is 0.182 e. The molecule has 0 saturated heterocycles. The van der Waals surface area contributed by atoms with E-state index in [1.54, 1.807) is 0 Å². The van der Waals surface area contributed by atoms with Crippen molar-refractivity contribution in [2.75, 3.05) is 19.0 Å². The molecule has 2 aliphatic rings. The quantitative estimate of drug-likeness (QED) is 0.800. The van der Waals surface area contributed by atoms with Crippen molar-refractivity contribution in [1.29, 1.82) is 0 Å². The van der Waals surface area contributed by atoms with Gasteiger partial charge in [-0.2, -0.15) is 0 Å². The first-order valence-electron chi connectivity index (χ1n) is 7.76. The molecule has 2 aromatic rings. The molecule has 0 aliphatic heterocycles. The summed E-state index contributed by atoms with van der Waals surface area (Å²) in [5.41, 5.74) is 4.20. The lowest BCUT2D eigenvalue weighted by atomic mass is 9.86. The van der Waals surface area contributed by atoms with Crippen LogP contribution < -0.4 is 4.90 Å². The van der Waals surface area contributed by atoms with Crippen LogP contribution in [0.3, 0.4) is 0 Å². The minimum absolute atomic E-state index is 0.0208. The van der Waals surface area contributed by atoms with Gasteiger partial charge in [0.1, 0.15) is 0 Å². The Morgan fingerprint density at radius 2 is 1.87 bits per heavy atom. The lowest BCUT2D eigenvalue weighted by Crippen LogP contribution is -2.14. The molecule has 0 N–H and O–H groups in total. The van der Waals surface area contributed by atoms with Crippen LogP contribution in [-0.2, 0) is 16.0 Å². The van der Waals surface area contributed by atoms with E-state index in [-0.39, 0.29) is 17.5 Å². The Balaban J connectivity index is 1.91. The number of nitrogens with zero attached hydrogens (tertiary/aromatic N) is 1. The van der Waals surface area contributed by atoms with Gasteiger partial charge in [0.25, 0.3) is 0 Å². The molecular formula is C20H17NO2. The summed E-state index contributed by atoms with van der Waals surface area (Å²) in [6.07, 6.45) is 5.03. The number of carbonyl (C=O) groups excluding carboxylic acids is 2. The van der Waals surface area contributed by atoms with Crippen molar-refractivity contribution in [2.45, 2.75) is 12.3 Å². The van der Waals surface area contributed by atoms with Gasteiger partial charge in [0.2, 0.25) is 0 Å². The van der Waals surface area contributed by atoms with Crippen molar-refractivity contribution in [3.63, 3.8) is 0 Å². The van der Waals surface area contributed by atoms with Crippen LogP contribution in [0, 0.1) is 0 Å². The van der Waals surface area contributed by atoms with E-state index in [1.165, 1.54) is 40.3 Å². The minimum Gasteiger partial charge on any atom is -0.377 e. The summed E-state index contributed by atoms with van der Waals surface area (Å²) in [7, 11) is 4.07. The average molecular weight is 303 g/mol. The van der Waals surface area contributed by atoms with E-state index in [4.69, 9.17) is 0 Å². The molecule has 23 heavy (non-hydrogen) atoms. The van der Waals surface area contributed by atoms with Crippen molar-refractivity contribution < 1.29 is 9.59 Å². The Kier molecular flexibility index (Phi) is 2.98. The van der Waals surface area contributed by atoms with Gasteiger partial charge in [0.15, 0.2) is 11.6 Å². The second-order valence-electron chi connectivity index (χ2n) is 6.36. The first-order valence-corrected chi connectivity index (χ1v) is 7.76. The highest BCUT2D eigenvalue weighted by molar-refractivity contribution is 6.18. The molecule has 0 radical (unpaired) electrons. The second-order valence-corrected chi connectivity index (χ2v) is 6.36. The fourth-order valence-corrected chi connectivity index (χ4v) is 3.75. The molecule has 4 rings (SSSR count). The SMILES string of the molecule is CN(C)c1ccc2c3c(cccc13)C(C1=CC(=O)C=CC1=O)C2. The molecular weight excluding hydrogens is 286 g/mol. The Hall–Kier alpha value is -2.68. The number of allylic oxidation sites excluding steroid dienone is 4. The lowest BCUT2D eigenvalue weighted by Gasteiger charge is -2.17. The molecule has 3 nitrogen and oxygen atoms in total. The molecule has 0 heterocycles. The molecule has 0 aromatic heterocycles. The van der Waals surface area contributed by atoms with E-state index in [2.05, 4.69) is 29.2 Å². The Morgan fingerprint density at radius 3 is 2.65 bits per heavy atom. The highest BCUT2D eigenvalue weighted by Gasteiger charge is 2.31. The summed E-state index contributed by atoms with van der Waals surface area (Å²) >= 11 is 0. The van der Waals surface area contributed by atoms with Gasteiger partial charge in [0.05, 0.1) is 0 Å². The third kappa shape index (κ3) is 2.04. The van der Waals surface area contributed by atoms with Gasteiger partial charge in [-0.3, -0.25) is 9.59 Å². The topological polar surface area (TPSA) is 37.4 Å². The number of hydrogen-bond acceptors (Lipinski definition) is 3. The number of anilines is 1. The van der Waals surface area contributed by atoms with Gasteiger partial charge >= 0.3 is 0 Å². The first-order chi connectivity index (χ1) is 11.1. The molecule has 2 aliphatic carbocycles. The summed E-state index contributed by atoms with van der Waals surface area (Å²) in [4.78, 5) is 26.1. The van der Waals surface area contributed by atoms with Crippen molar-refractivity contribution in [3.8, 4) is 0 Å². The molecule has 1 atom stereocenters. The highest BCUT2D eigenvalue weighted by Crippen LogP contribution is 2.45. The average Bonchev–Trinajstić information content (AvgIpc) is 2.90. The molecule has 1 unspecified atom stereocenters. The smallest absolute Gasteiger partial charge is 0.182 e. The lowest BCUT2D eigenvalue weighted by molar-refractivity contribution is -0.114. The molecule has 0 bridgehead atoms. The maximum atomic E-state index is 12.3. The van der Waals surface area contributed by atoms with Gasteiger partial charge in [-0.15, -0.1) is 0 Å². The number of carbonyl (C=O) groups is 2. The van der Waals surface area contributed by atoms with Gasteiger partial charge in [-0.25, -0.2) is 0 Å². The van der Waals surface area contributed by atoms with Crippen LogP contribution >= 0.6 is 0 Å². The molecule has 0 spiro atoms. The highest BCUT2D eigenvalue weighted by atomic mass is 16.1. The largest absolute Gasteiger partial charge is 0.377 e. The van der Waals surface area contributed by atoms with Crippen molar-refractivity contribution in [3.05, 3.63) is 65.3 Å². The van der Waals surface area contributed by atoms with E-state index < -0.39 is 0 Å². The van der Waals surface area contributed by atoms with Crippen LogP contribution in [0.4, 0.5) is 5.69 Å². The van der Waals surface area contributed by atoms with E-state index in [0.717, 1.165) is 12.0 Å². The summed E-state index contributed by atoms with van der Waals surface area (Å²) in [6, 6.07) is 10.5. The molecule has 0 saturated carbocycles. The number of rotatable bonds is 2. The fraction of sp³-hybridized carbons (Fsp3) is 0.200. The minimum atomic E-state index is -0.100. The zero-order valence-electron chi connectivity index (χ0n) is 13.2. The summed E-state index contributed by atoms with van der Waals surface area (Å²) in [6.45, 7) is 0. The normalized spacial score (nSPS) is 19.4. The van der Waals surface area contributed by atoms with Crippen LogP contribution in [0.15, 0.2) is 54.1 Å². The van der Waals surface area contributed by atoms with Crippen molar-refractivity contribution in [2.24, 2.45) is 0 Å². The van der Waals surface area contributed by atoms with Crippen LogP contribution in [0.25, 0.3) is 10.8 Å². The van der Waals surface area contributed by atoms with E-state index in [9.17, 15) is 9.59 Å². The summed E-state index contributed by atoms with van der Waals surface area (Å²) in [5, 5.41) is 2.44. The molecule has 0 amide bonds. The van der Waals surface area contributed by atoms with Gasteiger partial charge < -0.3 is 4.90 Å². The van der Waals surface area contributed by atoms with Crippen LogP contribution in [0.1, 0.15) is 17.0 Å². The fourth-order valence-electron chi connectivity index (χ4n) is 3.75. The van der Waals surface area contributed by atoms with Crippen LogP contribution in [-0.4, -0.2) is 25.7 Å². The maximum absolute atomic E-state index is 12.3.